The smallest absolute Gasteiger partial charge is 0.225 e. The summed E-state index contributed by atoms with van der Waals surface area (Å²) in [5.74, 6) is 2.15. The normalized spacial score (nSPS) is 11.5. The number of fused-ring (bicyclic) bond motifs is 1. The molecule has 0 amide bonds. The molecule has 0 bridgehead atoms. The Balaban J connectivity index is 0.00000288. The first-order chi connectivity index (χ1) is 11.1. The maximum absolute atomic E-state index is 9.29. The minimum Gasteiger partial charge on any atom is -0.394 e. The quantitative estimate of drug-likeness (QED) is 0.479. The molecular weight excluding hydrogens is 332 g/mol. The second-order valence-corrected chi connectivity index (χ2v) is 5.14. The van der Waals surface area contributed by atoms with Gasteiger partial charge in [0.2, 0.25) is 11.9 Å². The summed E-state index contributed by atoms with van der Waals surface area (Å²) in [5.41, 5.74) is 1.23. The molecule has 5 N–H and O–H groups in total. The average Bonchev–Trinajstić information content (AvgIpc) is 2.59. The van der Waals surface area contributed by atoms with Gasteiger partial charge in [-0.05, 0) is 13.3 Å². The Kier molecular flexibility index (Phi) is 7.66. The zero-order valence-electron chi connectivity index (χ0n) is 14.3. The number of nitrogens with one attached hydrogen (secondary N) is 4. The fraction of sp³-hybridized carbons (Fsp3) is 0.571. The Bertz CT molecular complexity index is 669. The van der Waals surface area contributed by atoms with Crippen LogP contribution in [0, 0.1) is 0 Å². The van der Waals surface area contributed by atoms with Crippen molar-refractivity contribution in [2.45, 2.75) is 26.3 Å². The van der Waals surface area contributed by atoms with Gasteiger partial charge < -0.3 is 26.4 Å². The van der Waals surface area contributed by atoms with E-state index in [1.165, 1.54) is 0 Å². The molecule has 0 aliphatic carbocycles. The second kappa shape index (κ2) is 9.24. The van der Waals surface area contributed by atoms with Crippen molar-refractivity contribution >= 4 is 47.0 Å². The predicted molar refractivity (Wildman–Crippen MR) is 100 cm³/mol. The van der Waals surface area contributed by atoms with Crippen LogP contribution >= 0.6 is 12.4 Å². The Labute approximate surface area is 147 Å². The van der Waals surface area contributed by atoms with Gasteiger partial charge in [0.15, 0.2) is 11.6 Å². The van der Waals surface area contributed by atoms with E-state index in [-0.39, 0.29) is 25.1 Å². The Hall–Kier alpha value is -2.13. The van der Waals surface area contributed by atoms with Gasteiger partial charge in [0.1, 0.15) is 11.0 Å². The van der Waals surface area contributed by atoms with Crippen LogP contribution in [0.4, 0.5) is 23.5 Å². The van der Waals surface area contributed by atoms with Gasteiger partial charge >= 0.3 is 0 Å². The first-order valence-electron chi connectivity index (χ1n) is 7.69. The summed E-state index contributed by atoms with van der Waals surface area (Å²) in [6.07, 6.45) is 0.969. The van der Waals surface area contributed by atoms with Crippen LogP contribution in [0.1, 0.15) is 20.3 Å². The summed E-state index contributed by atoms with van der Waals surface area (Å²) in [7, 11) is 3.51. The fourth-order valence-electron chi connectivity index (χ4n) is 1.99. The lowest BCUT2D eigenvalue weighted by atomic mass is 10.3. The highest BCUT2D eigenvalue weighted by Gasteiger charge is 2.16. The van der Waals surface area contributed by atoms with E-state index in [1.54, 1.807) is 14.1 Å². The van der Waals surface area contributed by atoms with Crippen molar-refractivity contribution in [3.05, 3.63) is 0 Å². The molecule has 0 spiro atoms. The maximum Gasteiger partial charge on any atom is 0.225 e. The van der Waals surface area contributed by atoms with E-state index in [2.05, 4.69) is 48.1 Å². The molecule has 9 nitrogen and oxygen atoms in total. The number of aliphatic hydroxyl groups excluding tert-OH is 1. The molecule has 0 saturated carbocycles. The zero-order chi connectivity index (χ0) is 16.8. The number of anilines is 4. The second-order valence-electron chi connectivity index (χ2n) is 5.14. The van der Waals surface area contributed by atoms with Gasteiger partial charge in [-0.25, -0.2) is 9.97 Å². The molecule has 0 aromatic carbocycles. The van der Waals surface area contributed by atoms with Gasteiger partial charge in [0.25, 0.3) is 0 Å². The van der Waals surface area contributed by atoms with Crippen molar-refractivity contribution in [3.63, 3.8) is 0 Å². The predicted octanol–water partition coefficient (Wildman–Crippen LogP) is 1.54. The lowest BCUT2D eigenvalue weighted by Crippen LogP contribution is -2.21. The summed E-state index contributed by atoms with van der Waals surface area (Å²) in [6.45, 7) is 4.72. The summed E-state index contributed by atoms with van der Waals surface area (Å²) in [4.78, 5) is 17.8. The highest BCUT2D eigenvalue weighted by atomic mass is 35.5. The van der Waals surface area contributed by atoms with Crippen molar-refractivity contribution in [1.82, 2.24) is 19.9 Å². The van der Waals surface area contributed by atoms with E-state index < -0.39 is 0 Å². The number of hydrogen-bond acceptors (Lipinski definition) is 9. The van der Waals surface area contributed by atoms with Crippen LogP contribution in [0.5, 0.6) is 0 Å². The highest BCUT2D eigenvalue weighted by Crippen LogP contribution is 2.27. The SMILES string of the molecule is CCCNc1nc(NC)nc2c(N[C@H](C)CO)nc(NC)nc12.Cl. The van der Waals surface area contributed by atoms with Crippen molar-refractivity contribution in [2.24, 2.45) is 0 Å². The van der Waals surface area contributed by atoms with Crippen molar-refractivity contribution in [1.29, 1.82) is 0 Å². The molecule has 2 rings (SSSR count). The number of hydrogen-bond donors (Lipinski definition) is 5. The number of aliphatic hydroxyl groups is 1. The first kappa shape index (κ1) is 19.9. The molecular formula is C14H25ClN8O. The van der Waals surface area contributed by atoms with E-state index in [0.717, 1.165) is 13.0 Å². The number of rotatable bonds is 8. The van der Waals surface area contributed by atoms with Crippen LogP contribution < -0.4 is 21.3 Å². The lowest BCUT2D eigenvalue weighted by Gasteiger charge is -2.16. The molecule has 0 saturated heterocycles. The maximum atomic E-state index is 9.29. The van der Waals surface area contributed by atoms with Crippen LogP contribution in [-0.2, 0) is 0 Å². The van der Waals surface area contributed by atoms with Crippen LogP contribution in [0.2, 0.25) is 0 Å². The molecule has 24 heavy (non-hydrogen) atoms. The summed E-state index contributed by atoms with van der Waals surface area (Å²) < 4.78 is 0. The summed E-state index contributed by atoms with van der Waals surface area (Å²) in [5, 5.41) is 21.6. The lowest BCUT2D eigenvalue weighted by molar-refractivity contribution is 0.281. The monoisotopic (exact) mass is 356 g/mol. The van der Waals surface area contributed by atoms with Gasteiger partial charge in [0.05, 0.1) is 6.61 Å². The van der Waals surface area contributed by atoms with Crippen molar-refractivity contribution in [2.75, 3.05) is 48.5 Å². The molecule has 1 atom stereocenters. The van der Waals surface area contributed by atoms with Gasteiger partial charge in [-0.3, -0.25) is 0 Å². The molecule has 0 aliphatic rings. The van der Waals surface area contributed by atoms with Gasteiger partial charge in [-0.2, -0.15) is 9.97 Å². The van der Waals surface area contributed by atoms with E-state index in [4.69, 9.17) is 0 Å². The van der Waals surface area contributed by atoms with Gasteiger partial charge in [-0.1, -0.05) is 6.92 Å². The largest absolute Gasteiger partial charge is 0.394 e. The Morgan fingerprint density at radius 3 is 2.00 bits per heavy atom. The molecule has 134 valence electrons. The van der Waals surface area contributed by atoms with Crippen molar-refractivity contribution < 1.29 is 5.11 Å². The minimum absolute atomic E-state index is 0. The standard InChI is InChI=1S/C14H24N8O.ClH/c1-5-6-17-11-9-10(20-13(15-3)21-11)12(18-8(2)7-23)22-14(16-4)19-9;/h8,23H,5-7H2,1-4H3,(H2,15,17,20,21)(H2,16,18,19,22);1H/t8-;/m1./s1. The zero-order valence-corrected chi connectivity index (χ0v) is 15.2. The van der Waals surface area contributed by atoms with E-state index >= 15 is 0 Å². The van der Waals surface area contributed by atoms with Gasteiger partial charge in [-0.15, -0.1) is 12.4 Å². The molecule has 2 aromatic heterocycles. The van der Waals surface area contributed by atoms with Crippen LogP contribution in [0.15, 0.2) is 0 Å². The van der Waals surface area contributed by atoms with E-state index in [9.17, 15) is 5.11 Å². The number of nitrogens with zero attached hydrogens (tertiary/aromatic N) is 4. The van der Waals surface area contributed by atoms with Crippen LogP contribution in [0.25, 0.3) is 11.0 Å². The summed E-state index contributed by atoms with van der Waals surface area (Å²) in [6, 6.07) is -0.155. The molecule has 0 fully saturated rings. The summed E-state index contributed by atoms with van der Waals surface area (Å²) >= 11 is 0. The van der Waals surface area contributed by atoms with Gasteiger partial charge in [0, 0.05) is 26.7 Å². The van der Waals surface area contributed by atoms with Crippen LogP contribution in [-0.4, -0.2) is 58.3 Å². The number of aromatic nitrogens is 4. The third-order valence-corrected chi connectivity index (χ3v) is 3.19. The van der Waals surface area contributed by atoms with Crippen LogP contribution in [0.3, 0.4) is 0 Å². The molecule has 2 aromatic rings. The molecule has 0 unspecified atom stereocenters. The Morgan fingerprint density at radius 2 is 1.50 bits per heavy atom. The highest BCUT2D eigenvalue weighted by molar-refractivity contribution is 5.94. The molecule has 0 aliphatic heterocycles. The average molecular weight is 357 g/mol. The van der Waals surface area contributed by atoms with E-state index in [0.29, 0.717) is 34.6 Å². The third-order valence-electron chi connectivity index (χ3n) is 3.19. The first-order valence-corrected chi connectivity index (χ1v) is 7.69. The molecule has 2 heterocycles. The topological polar surface area (TPSA) is 120 Å². The third kappa shape index (κ3) is 4.45. The Morgan fingerprint density at radius 1 is 0.958 bits per heavy atom. The minimum atomic E-state index is -0.155. The number of halogens is 1. The van der Waals surface area contributed by atoms with E-state index in [1.807, 2.05) is 6.92 Å². The molecule has 0 radical (unpaired) electrons. The van der Waals surface area contributed by atoms with Crippen molar-refractivity contribution in [3.8, 4) is 0 Å². The fourth-order valence-corrected chi connectivity index (χ4v) is 1.99. The molecule has 10 heteroatoms.